The Hall–Kier alpha value is -2.70. The summed E-state index contributed by atoms with van der Waals surface area (Å²) in [4.78, 5) is 5.19. The maximum Gasteiger partial charge on any atom is 0.193 e. The van der Waals surface area contributed by atoms with Gasteiger partial charge in [-0.2, -0.15) is 0 Å². The zero-order valence-electron chi connectivity index (χ0n) is 23.4. The minimum atomic E-state index is -0.744. The molecule has 4 aromatic rings. The van der Waals surface area contributed by atoms with Crippen LogP contribution >= 0.6 is 7.92 Å². The van der Waals surface area contributed by atoms with Crippen LogP contribution in [0.4, 0.5) is 0 Å². The van der Waals surface area contributed by atoms with Gasteiger partial charge in [0, 0.05) is 22.7 Å². The molecule has 0 spiro atoms. The van der Waals surface area contributed by atoms with Crippen LogP contribution < -0.4 is 10.6 Å². The van der Waals surface area contributed by atoms with Crippen molar-refractivity contribution in [3.63, 3.8) is 0 Å². The molecule has 10 radical (unpaired) electrons. The van der Waals surface area contributed by atoms with Gasteiger partial charge in [-0.25, -0.2) is 4.99 Å². The zero-order chi connectivity index (χ0) is 27.9. The SMILES string of the molecule is C[C]1[CH][CH][CH][CH]1.[CH]1[CH][C](C2=N[C@@H](c3ccccc3)[C@H](c3ccccc3)O2)[C](P(c2ccccc2)c2ccccc2)[CH]1.[Fe]. The standard InChI is InChI=1S/C32H25NOP.C6H7.Fe/c1-5-14-24(15-6-1)30-31(25-16-7-2-8-17-25)34-32(33-30)28-22-13-23-29(28)35(26-18-9-3-10-19-26)27-20-11-4-12-21-27;1-6-4-2-3-5-6;/h1-23,30-31H;2-5H,1H3;/t30-,31-;;/m0../s1. The fraction of sp³-hybridized carbons (Fsp3) is 0.0789. The number of rotatable bonds is 6. The Bertz CT molecular complexity index is 1340. The fourth-order valence-corrected chi connectivity index (χ4v) is 7.61. The van der Waals surface area contributed by atoms with E-state index in [0.717, 1.165) is 22.9 Å². The van der Waals surface area contributed by atoms with Gasteiger partial charge in [0.05, 0.1) is 5.92 Å². The molecular weight excluding hydrogens is 573 g/mol. The number of hydrogen-bond acceptors (Lipinski definition) is 2. The predicted molar refractivity (Wildman–Crippen MR) is 171 cm³/mol. The molecule has 4 aromatic carbocycles. The van der Waals surface area contributed by atoms with Gasteiger partial charge in [-0.05, 0) is 80.5 Å². The number of benzene rings is 4. The first-order chi connectivity index (χ1) is 20.3. The molecule has 3 aliphatic rings. The van der Waals surface area contributed by atoms with Crippen molar-refractivity contribution in [2.45, 2.75) is 19.1 Å². The molecule has 2 nitrogen and oxygen atoms in total. The fourth-order valence-electron chi connectivity index (χ4n) is 5.17. The van der Waals surface area contributed by atoms with E-state index in [2.05, 4.69) is 148 Å². The molecule has 1 heterocycles. The van der Waals surface area contributed by atoms with Crippen molar-refractivity contribution in [1.29, 1.82) is 0 Å². The van der Waals surface area contributed by atoms with Gasteiger partial charge in [-0.3, -0.25) is 0 Å². The van der Waals surface area contributed by atoms with Crippen LogP contribution in [-0.2, 0) is 21.8 Å². The quantitative estimate of drug-likeness (QED) is 0.161. The van der Waals surface area contributed by atoms with Gasteiger partial charge >= 0.3 is 0 Å². The van der Waals surface area contributed by atoms with Crippen molar-refractivity contribution >= 4 is 24.4 Å². The summed E-state index contributed by atoms with van der Waals surface area (Å²) in [7, 11) is -0.744. The Labute approximate surface area is 264 Å². The second kappa shape index (κ2) is 15.2. The third kappa shape index (κ3) is 7.26. The van der Waals surface area contributed by atoms with Crippen LogP contribution in [0.3, 0.4) is 0 Å². The van der Waals surface area contributed by atoms with Crippen LogP contribution in [0, 0.1) is 62.4 Å². The topological polar surface area (TPSA) is 21.6 Å². The molecule has 0 bridgehead atoms. The molecule has 2 aliphatic carbocycles. The summed E-state index contributed by atoms with van der Waals surface area (Å²) < 4.78 is 6.68. The normalized spacial score (nSPS) is 20.9. The molecule has 42 heavy (non-hydrogen) atoms. The van der Waals surface area contributed by atoms with Crippen LogP contribution in [0.2, 0.25) is 0 Å². The molecule has 0 amide bonds. The van der Waals surface area contributed by atoms with Gasteiger partial charge in [-0.1, -0.05) is 128 Å². The van der Waals surface area contributed by atoms with E-state index in [1.54, 1.807) is 0 Å². The van der Waals surface area contributed by atoms with E-state index >= 15 is 0 Å². The van der Waals surface area contributed by atoms with E-state index in [1.807, 2.05) is 25.0 Å². The maximum absolute atomic E-state index is 6.68. The first-order valence-corrected chi connectivity index (χ1v) is 15.3. The molecule has 2 atom stereocenters. The van der Waals surface area contributed by atoms with Gasteiger partial charge < -0.3 is 4.74 Å². The van der Waals surface area contributed by atoms with E-state index < -0.39 is 7.92 Å². The third-order valence-corrected chi connectivity index (χ3v) is 9.67. The van der Waals surface area contributed by atoms with E-state index in [9.17, 15) is 0 Å². The monoisotopic (exact) mass is 605 g/mol. The molecule has 2 saturated carbocycles. The first-order valence-electron chi connectivity index (χ1n) is 14.0. The minimum Gasteiger partial charge on any atom is -0.470 e. The van der Waals surface area contributed by atoms with E-state index in [-0.39, 0.29) is 29.2 Å². The van der Waals surface area contributed by atoms with Crippen LogP contribution in [-0.4, -0.2) is 5.90 Å². The summed E-state index contributed by atoms with van der Waals surface area (Å²) in [5.74, 6) is 3.16. The van der Waals surface area contributed by atoms with Gasteiger partial charge in [-0.15, -0.1) is 0 Å². The molecular formula is C38H32FeNOP. The molecule has 7 rings (SSSR count). The van der Waals surface area contributed by atoms with Crippen LogP contribution in [0.5, 0.6) is 0 Å². The predicted octanol–water partition coefficient (Wildman–Crippen LogP) is 8.17. The van der Waals surface area contributed by atoms with Crippen molar-refractivity contribution in [3.05, 3.63) is 195 Å². The second-order valence-corrected chi connectivity index (χ2v) is 12.2. The molecule has 4 heteroatoms. The summed E-state index contributed by atoms with van der Waals surface area (Å²) in [6, 6.07) is 42.4. The van der Waals surface area contributed by atoms with Gasteiger partial charge in [0.1, 0.15) is 6.04 Å². The Morgan fingerprint density at radius 2 is 1.07 bits per heavy atom. The maximum atomic E-state index is 6.68. The summed E-state index contributed by atoms with van der Waals surface area (Å²) >= 11 is 0. The number of ether oxygens (including phenoxy) is 1. The van der Waals surface area contributed by atoms with Crippen molar-refractivity contribution < 1.29 is 21.8 Å². The molecule has 208 valence electrons. The Morgan fingerprint density at radius 1 is 0.571 bits per heavy atom. The van der Waals surface area contributed by atoms with Crippen LogP contribution in [0.25, 0.3) is 0 Å². The van der Waals surface area contributed by atoms with Crippen molar-refractivity contribution in [2.75, 3.05) is 0 Å². The minimum absolute atomic E-state index is 0. The zero-order valence-corrected chi connectivity index (χ0v) is 25.4. The average molecular weight is 605 g/mol. The van der Waals surface area contributed by atoms with Crippen LogP contribution in [0.1, 0.15) is 30.2 Å². The van der Waals surface area contributed by atoms with E-state index in [4.69, 9.17) is 9.73 Å². The molecule has 0 saturated heterocycles. The number of nitrogens with zero attached hydrogens (tertiary/aromatic N) is 1. The molecule has 0 N–H and O–H groups in total. The number of hydrogen-bond donors (Lipinski definition) is 0. The molecule has 0 unspecified atom stereocenters. The summed E-state index contributed by atoms with van der Waals surface area (Å²) in [5.41, 5.74) is 3.58. The van der Waals surface area contributed by atoms with Crippen molar-refractivity contribution in [2.24, 2.45) is 4.99 Å². The third-order valence-electron chi connectivity index (χ3n) is 7.17. The summed E-state index contributed by atoms with van der Waals surface area (Å²) in [6.45, 7) is 2.08. The van der Waals surface area contributed by atoms with Gasteiger partial charge in [0.25, 0.3) is 0 Å². The summed E-state index contributed by atoms with van der Waals surface area (Å²) in [5, 5.41) is 2.64. The van der Waals surface area contributed by atoms with Crippen molar-refractivity contribution in [1.82, 2.24) is 0 Å². The molecule has 2 fully saturated rings. The Kier molecular flexibility index (Phi) is 11.1. The average Bonchev–Trinajstić information content (AvgIpc) is 3.81. The molecule has 1 aliphatic heterocycles. The van der Waals surface area contributed by atoms with Crippen molar-refractivity contribution in [3.8, 4) is 0 Å². The first kappa shape index (κ1) is 30.7. The smallest absolute Gasteiger partial charge is 0.193 e. The second-order valence-electron chi connectivity index (χ2n) is 10.0. The largest absolute Gasteiger partial charge is 0.470 e. The summed E-state index contributed by atoms with van der Waals surface area (Å²) in [6.07, 6.45) is 14.6. The molecule has 0 aromatic heterocycles. The van der Waals surface area contributed by atoms with Crippen LogP contribution in [0.15, 0.2) is 126 Å². The van der Waals surface area contributed by atoms with E-state index in [1.165, 1.54) is 22.2 Å². The van der Waals surface area contributed by atoms with E-state index in [0.29, 0.717) is 0 Å². The van der Waals surface area contributed by atoms with Gasteiger partial charge in [0.2, 0.25) is 0 Å². The Morgan fingerprint density at radius 3 is 1.57 bits per heavy atom. The number of aliphatic imine (C=N–C) groups is 1. The Balaban J connectivity index is 0.000000451. The van der Waals surface area contributed by atoms with Gasteiger partial charge in [0.15, 0.2) is 12.0 Å².